The van der Waals surface area contributed by atoms with Crippen LogP contribution in [0.3, 0.4) is 0 Å². The van der Waals surface area contributed by atoms with E-state index in [1.165, 1.54) is 10.8 Å². The van der Waals surface area contributed by atoms with Gasteiger partial charge in [-0.1, -0.05) is 42.5 Å². The van der Waals surface area contributed by atoms with Gasteiger partial charge in [-0.15, -0.1) is 0 Å². The molecule has 3 rings (SSSR count). The summed E-state index contributed by atoms with van der Waals surface area (Å²) in [5, 5.41) is 8.95. The monoisotopic (exact) mass is 404 g/mol. The van der Waals surface area contributed by atoms with E-state index < -0.39 is 5.91 Å². The fourth-order valence-electron chi connectivity index (χ4n) is 3.01. The van der Waals surface area contributed by atoms with Gasteiger partial charge in [0, 0.05) is 18.7 Å². The number of aliphatic imine (C=N–C) groups is 1. The standard InChI is InChI=1S/C24H28N4O2/c1-2-26-24(28-17-18-8-10-20(11-9-18)23(25)29)27-14-5-15-30-22-13-12-19-6-3-4-7-21(19)16-22/h3-4,6-13,16H,2,5,14-15,17H2,1H3,(H2,25,29)(H2,26,27,28). The van der Waals surface area contributed by atoms with Crippen LogP contribution in [0.4, 0.5) is 0 Å². The van der Waals surface area contributed by atoms with E-state index in [9.17, 15) is 4.79 Å². The summed E-state index contributed by atoms with van der Waals surface area (Å²) in [7, 11) is 0. The van der Waals surface area contributed by atoms with Crippen molar-refractivity contribution in [3.8, 4) is 5.75 Å². The summed E-state index contributed by atoms with van der Waals surface area (Å²) in [5.74, 6) is 1.21. The fraction of sp³-hybridized carbons (Fsp3) is 0.250. The van der Waals surface area contributed by atoms with Gasteiger partial charge in [0.05, 0.1) is 13.2 Å². The molecule has 3 aromatic rings. The van der Waals surface area contributed by atoms with Crippen molar-refractivity contribution in [1.29, 1.82) is 0 Å². The highest BCUT2D eigenvalue weighted by molar-refractivity contribution is 5.92. The Kier molecular flexibility index (Phi) is 7.66. The number of ether oxygens (including phenoxy) is 1. The van der Waals surface area contributed by atoms with Crippen LogP contribution >= 0.6 is 0 Å². The second-order valence-electron chi connectivity index (χ2n) is 6.89. The molecule has 0 aliphatic carbocycles. The maximum Gasteiger partial charge on any atom is 0.248 e. The van der Waals surface area contributed by atoms with E-state index in [-0.39, 0.29) is 0 Å². The van der Waals surface area contributed by atoms with Crippen molar-refractivity contribution < 1.29 is 9.53 Å². The van der Waals surface area contributed by atoms with Crippen LogP contribution in [0, 0.1) is 0 Å². The number of amides is 1. The highest BCUT2D eigenvalue weighted by Gasteiger charge is 2.01. The largest absolute Gasteiger partial charge is 0.494 e. The quantitative estimate of drug-likeness (QED) is 0.289. The summed E-state index contributed by atoms with van der Waals surface area (Å²) < 4.78 is 5.88. The summed E-state index contributed by atoms with van der Waals surface area (Å²) in [6, 6.07) is 21.6. The average molecular weight is 405 g/mol. The van der Waals surface area contributed by atoms with Gasteiger partial charge in [0.1, 0.15) is 5.75 Å². The third-order valence-electron chi connectivity index (χ3n) is 4.61. The summed E-state index contributed by atoms with van der Waals surface area (Å²) in [6.45, 7) is 4.70. The van der Waals surface area contributed by atoms with Crippen molar-refractivity contribution >= 4 is 22.6 Å². The second-order valence-corrected chi connectivity index (χ2v) is 6.89. The van der Waals surface area contributed by atoms with Gasteiger partial charge in [-0.25, -0.2) is 4.99 Å². The first-order valence-electron chi connectivity index (χ1n) is 10.2. The van der Waals surface area contributed by atoms with E-state index in [1.54, 1.807) is 12.1 Å². The topological polar surface area (TPSA) is 88.7 Å². The van der Waals surface area contributed by atoms with Crippen molar-refractivity contribution in [2.45, 2.75) is 19.9 Å². The number of nitrogens with zero attached hydrogens (tertiary/aromatic N) is 1. The Labute approximate surface area is 177 Å². The molecule has 0 saturated heterocycles. The third kappa shape index (κ3) is 6.24. The number of hydrogen-bond acceptors (Lipinski definition) is 3. The lowest BCUT2D eigenvalue weighted by Gasteiger charge is -2.12. The van der Waals surface area contributed by atoms with Crippen LogP contribution in [0.5, 0.6) is 5.75 Å². The number of fused-ring (bicyclic) bond motifs is 1. The van der Waals surface area contributed by atoms with Crippen LogP contribution in [0.15, 0.2) is 71.7 Å². The Morgan fingerprint density at radius 3 is 2.50 bits per heavy atom. The van der Waals surface area contributed by atoms with Gasteiger partial charge in [0.2, 0.25) is 5.91 Å². The van der Waals surface area contributed by atoms with E-state index in [0.29, 0.717) is 18.7 Å². The molecule has 3 aromatic carbocycles. The Morgan fingerprint density at radius 2 is 1.77 bits per heavy atom. The molecule has 0 unspecified atom stereocenters. The van der Waals surface area contributed by atoms with Gasteiger partial charge in [-0.3, -0.25) is 4.79 Å². The van der Waals surface area contributed by atoms with Crippen LogP contribution in [0.25, 0.3) is 10.8 Å². The van der Waals surface area contributed by atoms with Crippen LogP contribution in [0.1, 0.15) is 29.3 Å². The van der Waals surface area contributed by atoms with Crippen LogP contribution in [0.2, 0.25) is 0 Å². The number of hydrogen-bond donors (Lipinski definition) is 3. The van der Waals surface area contributed by atoms with Gasteiger partial charge in [0.15, 0.2) is 5.96 Å². The molecule has 0 saturated carbocycles. The molecule has 30 heavy (non-hydrogen) atoms. The first kappa shape index (κ1) is 21.2. The third-order valence-corrected chi connectivity index (χ3v) is 4.61. The number of guanidine groups is 1. The predicted octanol–water partition coefficient (Wildman–Crippen LogP) is 3.46. The Hall–Kier alpha value is -3.54. The molecule has 0 heterocycles. The van der Waals surface area contributed by atoms with E-state index in [2.05, 4.69) is 39.9 Å². The number of primary amides is 1. The molecule has 0 atom stereocenters. The van der Waals surface area contributed by atoms with Crippen molar-refractivity contribution in [2.75, 3.05) is 19.7 Å². The summed E-state index contributed by atoms with van der Waals surface area (Å²) in [4.78, 5) is 15.7. The molecule has 4 N–H and O–H groups in total. The molecule has 0 spiro atoms. The van der Waals surface area contributed by atoms with Crippen molar-refractivity contribution in [3.05, 3.63) is 77.9 Å². The first-order valence-corrected chi connectivity index (χ1v) is 10.2. The highest BCUT2D eigenvalue weighted by Crippen LogP contribution is 2.20. The molecule has 0 aromatic heterocycles. The molecular weight excluding hydrogens is 376 g/mol. The van der Waals surface area contributed by atoms with E-state index in [1.807, 2.05) is 37.3 Å². The first-order chi connectivity index (χ1) is 14.7. The zero-order valence-electron chi connectivity index (χ0n) is 17.2. The molecule has 0 bridgehead atoms. The van der Waals surface area contributed by atoms with E-state index >= 15 is 0 Å². The normalized spacial score (nSPS) is 11.3. The van der Waals surface area contributed by atoms with Gasteiger partial charge < -0.3 is 21.1 Å². The zero-order chi connectivity index (χ0) is 21.2. The summed E-state index contributed by atoms with van der Waals surface area (Å²) >= 11 is 0. The Morgan fingerprint density at radius 1 is 1.00 bits per heavy atom. The Balaban J connectivity index is 1.44. The van der Waals surface area contributed by atoms with Crippen molar-refractivity contribution in [1.82, 2.24) is 10.6 Å². The van der Waals surface area contributed by atoms with Crippen molar-refractivity contribution in [2.24, 2.45) is 10.7 Å². The Bertz CT molecular complexity index is 1000. The van der Waals surface area contributed by atoms with Gasteiger partial charge in [0.25, 0.3) is 0 Å². The highest BCUT2D eigenvalue weighted by atomic mass is 16.5. The molecule has 156 valence electrons. The molecule has 0 aliphatic rings. The lowest BCUT2D eigenvalue weighted by molar-refractivity contribution is 0.100. The molecule has 0 aliphatic heterocycles. The molecule has 1 amide bonds. The summed E-state index contributed by atoms with van der Waals surface area (Å²) in [5.41, 5.74) is 6.78. The van der Waals surface area contributed by atoms with Crippen molar-refractivity contribution in [3.63, 3.8) is 0 Å². The lowest BCUT2D eigenvalue weighted by atomic mass is 10.1. The van der Waals surface area contributed by atoms with Gasteiger partial charge in [-0.05, 0) is 53.9 Å². The zero-order valence-corrected chi connectivity index (χ0v) is 17.2. The van der Waals surface area contributed by atoms with Gasteiger partial charge >= 0.3 is 0 Å². The average Bonchev–Trinajstić information content (AvgIpc) is 2.77. The minimum Gasteiger partial charge on any atom is -0.494 e. The summed E-state index contributed by atoms with van der Waals surface area (Å²) in [6.07, 6.45) is 0.852. The number of nitrogens with two attached hydrogens (primary N) is 1. The van der Waals surface area contributed by atoms with E-state index in [0.717, 1.165) is 36.8 Å². The number of carbonyl (C=O) groups excluding carboxylic acids is 1. The molecule has 6 heteroatoms. The maximum absolute atomic E-state index is 11.1. The van der Waals surface area contributed by atoms with Crippen LogP contribution in [-0.4, -0.2) is 31.6 Å². The van der Waals surface area contributed by atoms with E-state index in [4.69, 9.17) is 10.5 Å². The molecular formula is C24H28N4O2. The SMILES string of the molecule is CCNC(=NCc1ccc(C(N)=O)cc1)NCCCOc1ccc2ccccc2c1. The number of carbonyl (C=O) groups is 1. The minimum absolute atomic E-state index is 0.425. The smallest absolute Gasteiger partial charge is 0.248 e. The van der Waals surface area contributed by atoms with Crippen LogP contribution < -0.4 is 21.1 Å². The number of rotatable bonds is 9. The van der Waals surface area contributed by atoms with Crippen LogP contribution in [-0.2, 0) is 6.54 Å². The second kappa shape index (κ2) is 10.9. The number of nitrogens with one attached hydrogen (secondary N) is 2. The number of benzene rings is 3. The fourth-order valence-corrected chi connectivity index (χ4v) is 3.01. The maximum atomic E-state index is 11.1. The van der Waals surface area contributed by atoms with Gasteiger partial charge in [-0.2, -0.15) is 0 Å². The lowest BCUT2D eigenvalue weighted by Crippen LogP contribution is -2.38. The predicted molar refractivity (Wildman–Crippen MR) is 122 cm³/mol. The molecule has 0 fully saturated rings. The molecule has 0 radical (unpaired) electrons. The molecule has 6 nitrogen and oxygen atoms in total. The minimum atomic E-state index is -0.425.